The molecular formula is C93H65N3OS3. The molecule has 4 heterocycles. The average molecular weight is 1340 g/mol. The van der Waals surface area contributed by atoms with Gasteiger partial charge in [0.05, 0.1) is 10.4 Å². The first kappa shape index (κ1) is 60.6. The van der Waals surface area contributed by atoms with E-state index in [9.17, 15) is 0 Å². The van der Waals surface area contributed by atoms with Crippen LogP contribution in [-0.2, 0) is 5.41 Å². The molecule has 0 fully saturated rings. The van der Waals surface area contributed by atoms with Crippen LogP contribution in [0.4, 0.5) is 34.1 Å². The number of furan rings is 1. The Morgan fingerprint density at radius 1 is 0.260 bits per heavy atom. The minimum atomic E-state index is -0.00395. The summed E-state index contributed by atoms with van der Waals surface area (Å²) in [5, 5.41) is 21.2. The fraction of sp³-hybridized carbons (Fsp3) is 0.0323. The van der Waals surface area contributed by atoms with Gasteiger partial charge in [0, 0.05) is 112 Å². The van der Waals surface area contributed by atoms with E-state index in [4.69, 9.17) is 4.42 Å². The summed E-state index contributed by atoms with van der Waals surface area (Å²) in [6, 6.07) is 121. The van der Waals surface area contributed by atoms with Crippen LogP contribution in [0, 0.1) is 0 Å². The van der Waals surface area contributed by atoms with Crippen molar-refractivity contribution < 1.29 is 4.42 Å². The Bertz CT molecular complexity index is 6270. The number of nitrogens with one attached hydrogen (secondary N) is 3. The van der Waals surface area contributed by atoms with Gasteiger partial charge in [0.25, 0.3) is 0 Å². The maximum absolute atomic E-state index is 6.02. The molecule has 0 saturated carbocycles. The quantitative estimate of drug-likeness (QED) is 0.128. The normalized spacial score (nSPS) is 12.2. The highest BCUT2D eigenvalue weighted by molar-refractivity contribution is 7.27. The number of fused-ring (bicyclic) bond motifs is 15. The van der Waals surface area contributed by atoms with E-state index < -0.39 is 0 Å². The van der Waals surface area contributed by atoms with E-state index in [1.54, 1.807) is 0 Å². The predicted molar refractivity (Wildman–Crippen MR) is 434 cm³/mol. The molecule has 0 spiro atoms. The van der Waals surface area contributed by atoms with Crippen LogP contribution in [0.2, 0.25) is 0 Å². The van der Waals surface area contributed by atoms with Crippen molar-refractivity contribution in [1.82, 2.24) is 0 Å². The molecule has 0 bridgehead atoms. The minimum absolute atomic E-state index is 0.00395. The van der Waals surface area contributed by atoms with Gasteiger partial charge in [-0.1, -0.05) is 263 Å². The molecule has 1 aliphatic carbocycles. The van der Waals surface area contributed by atoms with Crippen molar-refractivity contribution in [3.05, 3.63) is 351 Å². The number of hydrogen-bond acceptors (Lipinski definition) is 7. The SMILES string of the molecule is CC1(C)c2ccccc2-c2c(-c3ccc(Nc4ccccc4)c4c3sc3ccccc34)cccc21.c1ccc(-c2cc(Nc3ccc4oc5ccccc5c4c3)c3sc4ccccc4c3c2)cc1.c1ccc(Nc2ccc3c(sc4cccc(-c5ccccc5)c43)c2-c2ccccc2)cc1. The van der Waals surface area contributed by atoms with Gasteiger partial charge in [0.15, 0.2) is 0 Å². The van der Waals surface area contributed by atoms with Crippen molar-refractivity contribution in [3.8, 4) is 55.6 Å². The smallest absolute Gasteiger partial charge is 0.135 e. The van der Waals surface area contributed by atoms with Crippen molar-refractivity contribution in [1.29, 1.82) is 0 Å². The maximum Gasteiger partial charge on any atom is 0.135 e. The van der Waals surface area contributed by atoms with E-state index in [2.05, 4.69) is 351 Å². The lowest BCUT2D eigenvalue weighted by atomic mass is 9.82. The predicted octanol–water partition coefficient (Wildman–Crippen LogP) is 28.3. The monoisotopic (exact) mass is 1340 g/mol. The topological polar surface area (TPSA) is 49.2 Å². The van der Waals surface area contributed by atoms with Crippen LogP contribution in [0.25, 0.3) is 138 Å². The Kier molecular flexibility index (Phi) is 15.5. The third-order valence-electron chi connectivity index (χ3n) is 19.6. The van der Waals surface area contributed by atoms with Crippen molar-refractivity contribution in [2.75, 3.05) is 16.0 Å². The van der Waals surface area contributed by atoms with Crippen LogP contribution >= 0.6 is 34.0 Å². The zero-order valence-electron chi connectivity index (χ0n) is 55.0. The molecule has 1 aliphatic rings. The van der Waals surface area contributed by atoms with Crippen molar-refractivity contribution in [2.45, 2.75) is 19.3 Å². The molecule has 15 aromatic carbocycles. The molecule has 4 nitrogen and oxygen atoms in total. The summed E-state index contributed by atoms with van der Waals surface area (Å²) < 4.78 is 13.9. The first-order valence-electron chi connectivity index (χ1n) is 33.9. The molecule has 0 aliphatic heterocycles. The molecule has 20 rings (SSSR count). The lowest BCUT2D eigenvalue weighted by molar-refractivity contribution is 0.660. The molecule has 4 aromatic heterocycles. The highest BCUT2D eigenvalue weighted by Gasteiger charge is 2.37. The van der Waals surface area contributed by atoms with Crippen molar-refractivity contribution in [2.24, 2.45) is 0 Å². The van der Waals surface area contributed by atoms with E-state index in [0.717, 1.165) is 56.1 Å². The summed E-state index contributed by atoms with van der Waals surface area (Å²) in [5.74, 6) is 0. The highest BCUT2D eigenvalue weighted by atomic mass is 32.1. The summed E-state index contributed by atoms with van der Waals surface area (Å²) in [7, 11) is 0. The van der Waals surface area contributed by atoms with Crippen LogP contribution in [0.5, 0.6) is 0 Å². The van der Waals surface area contributed by atoms with Gasteiger partial charge in [0.2, 0.25) is 0 Å². The van der Waals surface area contributed by atoms with E-state index in [0.29, 0.717) is 0 Å². The summed E-state index contributed by atoms with van der Waals surface area (Å²) in [5.41, 5.74) is 24.1. The summed E-state index contributed by atoms with van der Waals surface area (Å²) >= 11 is 5.61. The highest BCUT2D eigenvalue weighted by Crippen LogP contribution is 2.55. The van der Waals surface area contributed by atoms with E-state index in [-0.39, 0.29) is 5.41 Å². The van der Waals surface area contributed by atoms with Gasteiger partial charge in [-0.15, -0.1) is 34.0 Å². The largest absolute Gasteiger partial charge is 0.456 e. The second kappa shape index (κ2) is 25.5. The van der Waals surface area contributed by atoms with Crippen molar-refractivity contribution in [3.63, 3.8) is 0 Å². The Morgan fingerprint density at radius 3 is 1.54 bits per heavy atom. The number of anilines is 6. The second-order valence-electron chi connectivity index (χ2n) is 26.0. The van der Waals surface area contributed by atoms with E-state index in [1.807, 2.05) is 52.2 Å². The van der Waals surface area contributed by atoms with Gasteiger partial charge in [-0.3, -0.25) is 0 Å². The first-order valence-corrected chi connectivity index (χ1v) is 36.4. The van der Waals surface area contributed by atoms with Gasteiger partial charge in [0.1, 0.15) is 11.2 Å². The number of thiophene rings is 3. The van der Waals surface area contributed by atoms with Gasteiger partial charge in [-0.05, 0) is 147 Å². The average Bonchev–Trinajstić information content (AvgIpc) is 1.57. The Morgan fingerprint density at radius 2 is 0.790 bits per heavy atom. The zero-order valence-corrected chi connectivity index (χ0v) is 57.4. The number of para-hydroxylation sites is 3. The molecule has 0 saturated heterocycles. The molecule has 3 N–H and O–H groups in total. The fourth-order valence-corrected chi connectivity index (χ4v) is 18.6. The lowest BCUT2D eigenvalue weighted by Gasteiger charge is -2.21. The molecule has 19 aromatic rings. The van der Waals surface area contributed by atoms with Gasteiger partial charge < -0.3 is 20.4 Å². The van der Waals surface area contributed by atoms with Gasteiger partial charge in [-0.2, -0.15) is 0 Å². The third-order valence-corrected chi connectivity index (χ3v) is 23.2. The molecule has 476 valence electrons. The molecule has 0 unspecified atom stereocenters. The number of rotatable bonds is 10. The maximum atomic E-state index is 6.02. The van der Waals surface area contributed by atoms with Crippen LogP contribution in [-0.4, -0.2) is 0 Å². The first-order chi connectivity index (χ1) is 49.3. The molecule has 0 radical (unpaired) electrons. The van der Waals surface area contributed by atoms with Gasteiger partial charge >= 0.3 is 0 Å². The Balaban J connectivity index is 0.000000108. The fourth-order valence-electron chi connectivity index (χ4n) is 14.9. The zero-order chi connectivity index (χ0) is 66.7. The van der Waals surface area contributed by atoms with Crippen LogP contribution in [0.15, 0.2) is 344 Å². The summed E-state index contributed by atoms with van der Waals surface area (Å²) in [4.78, 5) is 0. The molecule has 7 heteroatoms. The molecule has 0 amide bonds. The molecular weight excluding hydrogens is 1270 g/mol. The van der Waals surface area contributed by atoms with Crippen LogP contribution in [0.3, 0.4) is 0 Å². The van der Waals surface area contributed by atoms with Gasteiger partial charge in [-0.25, -0.2) is 0 Å². The lowest BCUT2D eigenvalue weighted by Crippen LogP contribution is -2.14. The Labute approximate surface area is 592 Å². The minimum Gasteiger partial charge on any atom is -0.456 e. The molecule has 100 heavy (non-hydrogen) atoms. The molecule has 0 atom stereocenters. The van der Waals surface area contributed by atoms with Crippen LogP contribution < -0.4 is 16.0 Å². The second-order valence-corrected chi connectivity index (χ2v) is 29.2. The summed E-state index contributed by atoms with van der Waals surface area (Å²) in [6.45, 7) is 4.70. The van der Waals surface area contributed by atoms with E-state index in [1.165, 1.54) is 127 Å². The summed E-state index contributed by atoms with van der Waals surface area (Å²) in [6.07, 6.45) is 0. The third kappa shape index (κ3) is 10.9. The van der Waals surface area contributed by atoms with Crippen molar-refractivity contribution >= 4 is 151 Å². The van der Waals surface area contributed by atoms with Crippen LogP contribution in [0.1, 0.15) is 25.0 Å². The number of hydrogen-bond donors (Lipinski definition) is 3. The Hall–Kier alpha value is -11.8. The number of benzene rings is 15. The standard InChI is InChI=1S/C33H25NS.C30H19NOS.C30H21NS/c1-33(2)26-16-8-6-13-24(26)30-22(15-10-17-27(30)33)23-19-20-28(34-21-11-4-3-5-12-21)31-25-14-7-9-18-29(25)35-32(23)31;1-2-8-19(9-3-1)20-16-25-23-11-5-7-13-29(23)33-30(25)26(17-20)31-21-14-15-28-24(18-21)22-10-4-6-12-27(22)32-28;1-4-11-21(12-5-1)24-17-10-18-27-29(24)25-19-20-26(31-23-15-8-3-9-16-23)28(30(25)32-27)22-13-6-2-7-14-22/h3-20,34H,1-2H3;1-18,31H;1-20,31H. The van der Waals surface area contributed by atoms with E-state index >= 15 is 0 Å².